The number of aliphatic hydroxyl groups excluding tert-OH is 1. The number of anilines is 2. The third-order valence-electron chi connectivity index (χ3n) is 7.98. The number of aliphatic hydroxyl groups is 1. The van der Waals surface area contributed by atoms with Crippen LogP contribution in [0.4, 0.5) is 16.6 Å². The van der Waals surface area contributed by atoms with Crippen LogP contribution in [0.3, 0.4) is 0 Å². The second-order valence-corrected chi connectivity index (χ2v) is 12.3. The molecule has 0 aliphatic carbocycles. The highest BCUT2D eigenvalue weighted by Gasteiger charge is 2.45. The molecular weight excluding hydrogens is 530 g/mol. The molecule has 1 aliphatic heterocycles. The summed E-state index contributed by atoms with van der Waals surface area (Å²) in [6.07, 6.45) is 1.24. The summed E-state index contributed by atoms with van der Waals surface area (Å²) in [6, 6.07) is 18.2. The smallest absolute Gasteiger partial charge is 0.407 e. The maximum Gasteiger partial charge on any atom is 0.407 e. The summed E-state index contributed by atoms with van der Waals surface area (Å²) in [7, 11) is 0. The largest absolute Gasteiger partial charge is 0.465 e. The number of carbonyl (C=O) groups is 1. The van der Waals surface area contributed by atoms with Crippen LogP contribution in [0.15, 0.2) is 60.9 Å². The van der Waals surface area contributed by atoms with E-state index in [1.54, 1.807) is 6.33 Å². The van der Waals surface area contributed by atoms with Crippen molar-refractivity contribution in [3.63, 3.8) is 0 Å². The van der Waals surface area contributed by atoms with Gasteiger partial charge in [-0.2, -0.15) is 9.97 Å². The van der Waals surface area contributed by atoms with Crippen LogP contribution in [0.25, 0.3) is 22.3 Å². The van der Waals surface area contributed by atoms with Gasteiger partial charge in [-0.05, 0) is 42.4 Å². The third-order valence-corrected chi connectivity index (χ3v) is 7.98. The van der Waals surface area contributed by atoms with Gasteiger partial charge >= 0.3 is 6.09 Å². The van der Waals surface area contributed by atoms with Crippen molar-refractivity contribution in [1.29, 1.82) is 0 Å². The van der Waals surface area contributed by atoms with Crippen molar-refractivity contribution in [2.45, 2.75) is 65.7 Å². The topological polar surface area (TPSA) is 120 Å². The minimum atomic E-state index is -0.951. The summed E-state index contributed by atoms with van der Waals surface area (Å²) in [5.74, 6) is 1.13. The van der Waals surface area contributed by atoms with Gasteiger partial charge in [-0.1, -0.05) is 75.4 Å². The highest BCUT2D eigenvalue weighted by molar-refractivity contribution is 5.84. The Morgan fingerprint density at radius 3 is 2.33 bits per heavy atom. The highest BCUT2D eigenvalue weighted by atomic mass is 16.4. The van der Waals surface area contributed by atoms with E-state index in [1.165, 1.54) is 10.5 Å². The van der Waals surface area contributed by atoms with Crippen LogP contribution < -0.4 is 10.2 Å². The molecule has 10 heteroatoms. The number of piperazine rings is 1. The Morgan fingerprint density at radius 1 is 1.02 bits per heavy atom. The number of hydrogen-bond acceptors (Lipinski definition) is 7. The molecule has 3 heterocycles. The molecule has 3 N–H and O–H groups in total. The molecular formula is C32H41N7O3. The van der Waals surface area contributed by atoms with Gasteiger partial charge in [0.1, 0.15) is 0 Å². The van der Waals surface area contributed by atoms with Crippen LogP contribution in [0, 0.1) is 5.41 Å². The average molecular weight is 572 g/mol. The van der Waals surface area contributed by atoms with Gasteiger partial charge in [-0.15, -0.1) is 0 Å². The second-order valence-electron chi connectivity index (χ2n) is 12.3. The number of fused-ring (bicyclic) bond motifs is 1. The lowest BCUT2D eigenvalue weighted by molar-refractivity contribution is 0.0458. The van der Waals surface area contributed by atoms with Crippen molar-refractivity contribution in [1.82, 2.24) is 24.4 Å². The quantitative estimate of drug-likeness (QED) is 0.248. The van der Waals surface area contributed by atoms with Crippen molar-refractivity contribution in [2.24, 2.45) is 5.41 Å². The zero-order valence-electron chi connectivity index (χ0n) is 25.0. The number of amides is 1. The van der Waals surface area contributed by atoms with Gasteiger partial charge in [-0.3, -0.25) is 0 Å². The first-order chi connectivity index (χ1) is 20.1. The molecule has 222 valence electrons. The fourth-order valence-electron chi connectivity index (χ4n) is 6.02. The molecule has 10 nitrogen and oxygen atoms in total. The Kier molecular flexibility index (Phi) is 8.36. The number of rotatable bonds is 8. The average Bonchev–Trinajstić information content (AvgIpc) is 3.40. The van der Waals surface area contributed by atoms with E-state index < -0.39 is 6.09 Å². The predicted octanol–water partition coefficient (Wildman–Crippen LogP) is 5.65. The Balaban J connectivity index is 1.50. The van der Waals surface area contributed by atoms with Gasteiger partial charge in [0.05, 0.1) is 18.4 Å². The normalized spacial score (nSPS) is 17.7. The van der Waals surface area contributed by atoms with Gasteiger partial charge in [-0.25, -0.2) is 9.78 Å². The number of hydrogen-bond donors (Lipinski definition) is 3. The maximum atomic E-state index is 12.2. The summed E-state index contributed by atoms with van der Waals surface area (Å²) in [5, 5.41) is 23.6. The number of nitrogens with one attached hydrogen (secondary N) is 1. The molecule has 2 aromatic carbocycles. The lowest BCUT2D eigenvalue weighted by Crippen LogP contribution is -2.65. The molecule has 1 amide bonds. The molecule has 42 heavy (non-hydrogen) atoms. The lowest BCUT2D eigenvalue weighted by Gasteiger charge is -2.51. The van der Waals surface area contributed by atoms with E-state index in [0.29, 0.717) is 49.0 Å². The molecule has 2 atom stereocenters. The lowest BCUT2D eigenvalue weighted by atomic mass is 9.78. The Hall–Kier alpha value is -4.18. The van der Waals surface area contributed by atoms with Crippen LogP contribution in [-0.2, 0) is 6.54 Å². The molecule has 1 fully saturated rings. The first-order valence-electron chi connectivity index (χ1n) is 14.6. The molecule has 2 aromatic heterocycles. The van der Waals surface area contributed by atoms with Crippen LogP contribution in [0.5, 0.6) is 0 Å². The SMILES string of the molecule is CC(C)n1cnc2c(NCc3ccc(-c4ccccc4)cc3)nc(N3CCN(C(=O)O)C(C(C)(C)C)C3CCO)nc21. The van der Waals surface area contributed by atoms with E-state index in [2.05, 4.69) is 65.4 Å². The summed E-state index contributed by atoms with van der Waals surface area (Å²) < 4.78 is 2.02. The van der Waals surface area contributed by atoms with E-state index in [9.17, 15) is 15.0 Å². The first kappa shape index (κ1) is 29.3. The zero-order valence-corrected chi connectivity index (χ0v) is 25.0. The highest BCUT2D eigenvalue weighted by Crippen LogP contribution is 2.36. The minimum absolute atomic E-state index is 0.0720. The molecule has 2 unspecified atom stereocenters. The molecule has 0 radical (unpaired) electrons. The fraction of sp³-hybridized carbons (Fsp3) is 0.438. The Bertz CT molecular complexity index is 1510. The van der Waals surface area contributed by atoms with Crippen molar-refractivity contribution in [3.05, 3.63) is 66.5 Å². The molecule has 1 aliphatic rings. The first-order valence-corrected chi connectivity index (χ1v) is 14.6. The standard InChI is InChI=1S/C32H41N7O3/c1-21(2)39-20-34-26-28(33-19-22-11-13-24(14-12-22)23-9-7-6-8-10-23)35-30(36-29(26)39)37-16-17-38(31(41)42)27(32(3,4)5)25(37)15-18-40/h6-14,20-21,25,27,40H,15-19H2,1-5H3,(H,41,42)(H,33,35,36). The maximum absolute atomic E-state index is 12.2. The van der Waals surface area contributed by atoms with Gasteiger partial charge in [0.2, 0.25) is 5.95 Å². The molecule has 0 saturated carbocycles. The number of benzene rings is 2. The van der Waals surface area contributed by atoms with Crippen LogP contribution in [0.2, 0.25) is 0 Å². The Labute approximate surface area is 247 Å². The van der Waals surface area contributed by atoms with E-state index in [0.717, 1.165) is 11.1 Å². The number of nitrogens with zero attached hydrogens (tertiary/aromatic N) is 6. The zero-order chi connectivity index (χ0) is 30.0. The van der Waals surface area contributed by atoms with Gasteiger partial charge in [0.15, 0.2) is 17.0 Å². The molecule has 0 bridgehead atoms. The van der Waals surface area contributed by atoms with Crippen LogP contribution in [-0.4, -0.2) is 72.5 Å². The summed E-state index contributed by atoms with van der Waals surface area (Å²) in [5.41, 5.74) is 4.47. The molecule has 5 rings (SSSR count). The Morgan fingerprint density at radius 2 is 1.71 bits per heavy atom. The number of carboxylic acid groups (broad SMARTS) is 1. The van der Waals surface area contributed by atoms with Gasteiger partial charge in [0, 0.05) is 32.3 Å². The fourth-order valence-corrected chi connectivity index (χ4v) is 6.02. The molecule has 0 spiro atoms. The predicted molar refractivity (Wildman–Crippen MR) is 166 cm³/mol. The van der Waals surface area contributed by atoms with E-state index in [1.807, 2.05) is 43.5 Å². The monoisotopic (exact) mass is 571 g/mol. The van der Waals surface area contributed by atoms with Crippen LogP contribution in [0.1, 0.15) is 52.6 Å². The molecule has 4 aromatic rings. The number of imidazole rings is 1. The molecule has 1 saturated heterocycles. The third kappa shape index (κ3) is 5.90. The van der Waals surface area contributed by atoms with Crippen LogP contribution >= 0.6 is 0 Å². The summed E-state index contributed by atoms with van der Waals surface area (Å²) in [6.45, 7) is 11.5. The second kappa shape index (κ2) is 12.0. The van der Waals surface area contributed by atoms with Crippen molar-refractivity contribution in [2.75, 3.05) is 29.9 Å². The van der Waals surface area contributed by atoms with E-state index >= 15 is 0 Å². The van der Waals surface area contributed by atoms with E-state index in [4.69, 9.17) is 9.97 Å². The van der Waals surface area contributed by atoms with Gasteiger partial charge < -0.3 is 29.9 Å². The van der Waals surface area contributed by atoms with Crippen molar-refractivity contribution >= 4 is 29.0 Å². The van der Waals surface area contributed by atoms with E-state index in [-0.39, 0.29) is 30.1 Å². The van der Waals surface area contributed by atoms with Gasteiger partial charge in [0.25, 0.3) is 0 Å². The summed E-state index contributed by atoms with van der Waals surface area (Å²) in [4.78, 5) is 30.4. The summed E-state index contributed by atoms with van der Waals surface area (Å²) >= 11 is 0. The minimum Gasteiger partial charge on any atom is -0.465 e. The van der Waals surface area contributed by atoms with Crippen molar-refractivity contribution < 1.29 is 15.0 Å². The number of aromatic nitrogens is 4. The van der Waals surface area contributed by atoms with Crippen molar-refractivity contribution in [3.8, 4) is 11.1 Å².